The molecule has 0 spiro atoms. The molecule has 2 nitrogen and oxygen atoms in total. The molecule has 0 saturated heterocycles. The van der Waals surface area contributed by atoms with E-state index in [-0.39, 0.29) is 0 Å². The van der Waals surface area contributed by atoms with E-state index in [0.717, 1.165) is 15.6 Å². The summed E-state index contributed by atoms with van der Waals surface area (Å²) in [7, 11) is 0. The minimum atomic E-state index is 0.746. The Morgan fingerprint density at radius 1 is 1.50 bits per heavy atom. The summed E-state index contributed by atoms with van der Waals surface area (Å²) in [6, 6.07) is 3.72. The van der Waals surface area contributed by atoms with Crippen molar-refractivity contribution in [2.75, 3.05) is 0 Å². The lowest BCUT2D eigenvalue weighted by Crippen LogP contribution is -1.65. The molecule has 50 valence electrons. The van der Waals surface area contributed by atoms with Crippen LogP contribution in [0.3, 0.4) is 0 Å². The summed E-state index contributed by atoms with van der Waals surface area (Å²) >= 11 is 3.23. The maximum Gasteiger partial charge on any atom is 0.170 e. The first-order valence-electron chi connectivity index (χ1n) is 2.85. The molecule has 2 aromatic rings. The lowest BCUT2D eigenvalue weighted by Gasteiger charge is -1.81. The fraction of sp³-hybridized carbons (Fsp3) is 0. The molecular weight excluding hydrogens is 194 g/mol. The summed E-state index contributed by atoms with van der Waals surface area (Å²) in [5.74, 6) is 0. The minimum absolute atomic E-state index is 0.746. The third-order valence-corrected chi connectivity index (χ3v) is 1.68. The summed E-state index contributed by atoms with van der Waals surface area (Å²) in [5.41, 5.74) is 0.863. The highest BCUT2D eigenvalue weighted by Crippen LogP contribution is 2.21. The second-order valence-corrected chi connectivity index (χ2v) is 2.75. The summed E-state index contributed by atoms with van der Waals surface area (Å²) in [6.07, 6.45) is 3.47. The number of pyridine rings is 1. The van der Waals surface area contributed by atoms with Crippen LogP contribution in [0.25, 0.3) is 11.0 Å². The van der Waals surface area contributed by atoms with E-state index in [4.69, 9.17) is 4.42 Å². The molecule has 0 fully saturated rings. The van der Waals surface area contributed by atoms with Gasteiger partial charge >= 0.3 is 0 Å². The molecule has 2 rings (SSSR count). The number of fused-ring (bicyclic) bond motifs is 1. The normalized spacial score (nSPS) is 10.5. The van der Waals surface area contributed by atoms with Gasteiger partial charge in [-0.3, -0.25) is 4.98 Å². The van der Waals surface area contributed by atoms with Crippen LogP contribution in [-0.2, 0) is 0 Å². The largest absolute Gasteiger partial charge is 0.449 e. The predicted octanol–water partition coefficient (Wildman–Crippen LogP) is 2.59. The van der Waals surface area contributed by atoms with Crippen molar-refractivity contribution in [3.63, 3.8) is 0 Å². The van der Waals surface area contributed by atoms with E-state index in [1.807, 2.05) is 12.1 Å². The number of halogens is 1. The van der Waals surface area contributed by atoms with Gasteiger partial charge in [-0.2, -0.15) is 0 Å². The van der Waals surface area contributed by atoms with Crippen molar-refractivity contribution in [1.82, 2.24) is 4.98 Å². The van der Waals surface area contributed by atoms with Crippen molar-refractivity contribution in [2.24, 2.45) is 0 Å². The SMILES string of the molecule is Brc1cc2cnccc2o1. The van der Waals surface area contributed by atoms with Crippen molar-refractivity contribution in [3.05, 3.63) is 29.2 Å². The Morgan fingerprint density at radius 2 is 2.40 bits per heavy atom. The Bertz CT molecular complexity index is 322. The standard InChI is InChI=1S/C7H4BrNO/c8-7-3-5-4-9-2-1-6(5)10-7/h1-4H. The monoisotopic (exact) mass is 197 g/mol. The zero-order chi connectivity index (χ0) is 6.97. The molecule has 0 aliphatic carbocycles. The van der Waals surface area contributed by atoms with E-state index < -0.39 is 0 Å². The number of aromatic nitrogens is 1. The number of rotatable bonds is 0. The summed E-state index contributed by atoms with van der Waals surface area (Å²) < 4.78 is 5.99. The van der Waals surface area contributed by atoms with Gasteiger partial charge in [-0.15, -0.1) is 0 Å². The van der Waals surface area contributed by atoms with Gasteiger partial charge in [-0.05, 0) is 22.0 Å². The molecule has 0 radical (unpaired) electrons. The van der Waals surface area contributed by atoms with Crippen LogP contribution in [0.15, 0.2) is 33.6 Å². The third kappa shape index (κ3) is 0.827. The topological polar surface area (TPSA) is 26.0 Å². The number of nitrogens with zero attached hydrogens (tertiary/aromatic N) is 1. The highest BCUT2D eigenvalue weighted by molar-refractivity contribution is 9.10. The molecule has 0 saturated carbocycles. The van der Waals surface area contributed by atoms with Gasteiger partial charge in [0.25, 0.3) is 0 Å². The van der Waals surface area contributed by atoms with Crippen LogP contribution in [-0.4, -0.2) is 4.98 Å². The smallest absolute Gasteiger partial charge is 0.170 e. The van der Waals surface area contributed by atoms with E-state index in [2.05, 4.69) is 20.9 Å². The van der Waals surface area contributed by atoms with Crippen molar-refractivity contribution >= 4 is 26.9 Å². The van der Waals surface area contributed by atoms with Gasteiger partial charge in [0.2, 0.25) is 0 Å². The second kappa shape index (κ2) is 2.09. The lowest BCUT2D eigenvalue weighted by atomic mass is 10.3. The lowest BCUT2D eigenvalue weighted by molar-refractivity contribution is 0.587. The van der Waals surface area contributed by atoms with Crippen molar-refractivity contribution in [1.29, 1.82) is 0 Å². The molecule has 0 aliphatic heterocycles. The molecule has 0 aromatic carbocycles. The van der Waals surface area contributed by atoms with Crippen LogP contribution in [0.1, 0.15) is 0 Å². The summed E-state index contributed by atoms with van der Waals surface area (Å²) in [4.78, 5) is 3.95. The van der Waals surface area contributed by atoms with Gasteiger partial charge in [-0.25, -0.2) is 0 Å². The maximum atomic E-state index is 5.24. The van der Waals surface area contributed by atoms with Crippen molar-refractivity contribution in [3.8, 4) is 0 Å². The van der Waals surface area contributed by atoms with Crippen molar-refractivity contribution in [2.45, 2.75) is 0 Å². The predicted molar refractivity (Wildman–Crippen MR) is 41.7 cm³/mol. The van der Waals surface area contributed by atoms with Crippen LogP contribution in [0.4, 0.5) is 0 Å². The molecular formula is C7H4BrNO. The zero-order valence-electron chi connectivity index (χ0n) is 5.04. The minimum Gasteiger partial charge on any atom is -0.449 e. The Kier molecular flexibility index (Phi) is 1.24. The number of hydrogen-bond acceptors (Lipinski definition) is 2. The summed E-state index contributed by atoms with van der Waals surface area (Å²) in [6.45, 7) is 0. The highest BCUT2D eigenvalue weighted by Gasteiger charge is 1.97. The van der Waals surface area contributed by atoms with Crippen LogP contribution >= 0.6 is 15.9 Å². The fourth-order valence-electron chi connectivity index (χ4n) is 0.852. The Morgan fingerprint density at radius 3 is 3.20 bits per heavy atom. The quantitative estimate of drug-likeness (QED) is 0.650. The van der Waals surface area contributed by atoms with Gasteiger partial charge in [0.05, 0.1) is 0 Å². The summed E-state index contributed by atoms with van der Waals surface area (Å²) in [5, 5.41) is 1.02. The molecule has 0 aliphatic rings. The van der Waals surface area contributed by atoms with E-state index >= 15 is 0 Å². The first-order valence-corrected chi connectivity index (χ1v) is 3.64. The third-order valence-electron chi connectivity index (χ3n) is 1.29. The molecule has 3 heteroatoms. The number of furan rings is 1. The van der Waals surface area contributed by atoms with Crippen LogP contribution < -0.4 is 0 Å². The molecule has 0 unspecified atom stereocenters. The zero-order valence-corrected chi connectivity index (χ0v) is 6.63. The molecule has 0 bridgehead atoms. The second-order valence-electron chi connectivity index (χ2n) is 1.96. The molecule has 2 aromatic heterocycles. The van der Waals surface area contributed by atoms with Crippen molar-refractivity contribution < 1.29 is 4.42 Å². The average Bonchev–Trinajstić information content (AvgIpc) is 2.27. The average molecular weight is 198 g/mol. The first kappa shape index (κ1) is 5.92. The van der Waals surface area contributed by atoms with E-state index in [1.54, 1.807) is 12.4 Å². The Labute approximate surface area is 66.0 Å². The molecule has 2 heterocycles. The first-order chi connectivity index (χ1) is 4.86. The van der Waals surface area contributed by atoms with E-state index in [9.17, 15) is 0 Å². The van der Waals surface area contributed by atoms with Gasteiger partial charge in [0, 0.05) is 23.8 Å². The van der Waals surface area contributed by atoms with Gasteiger partial charge in [-0.1, -0.05) is 0 Å². The van der Waals surface area contributed by atoms with Gasteiger partial charge < -0.3 is 4.42 Å². The molecule has 0 amide bonds. The van der Waals surface area contributed by atoms with E-state index in [1.165, 1.54) is 0 Å². The van der Waals surface area contributed by atoms with E-state index in [0.29, 0.717) is 0 Å². The maximum absolute atomic E-state index is 5.24. The number of hydrogen-bond donors (Lipinski definition) is 0. The molecule has 0 N–H and O–H groups in total. The fourth-order valence-corrected chi connectivity index (χ4v) is 1.27. The van der Waals surface area contributed by atoms with Crippen LogP contribution in [0.5, 0.6) is 0 Å². The Balaban J connectivity index is 2.88. The molecule has 10 heavy (non-hydrogen) atoms. The molecule has 0 atom stereocenters. The van der Waals surface area contributed by atoms with Crippen LogP contribution in [0, 0.1) is 0 Å². The Hall–Kier alpha value is -0.830. The van der Waals surface area contributed by atoms with Crippen LogP contribution in [0.2, 0.25) is 0 Å². The highest BCUT2D eigenvalue weighted by atomic mass is 79.9. The van der Waals surface area contributed by atoms with Gasteiger partial charge in [0.1, 0.15) is 5.58 Å². The van der Waals surface area contributed by atoms with Gasteiger partial charge in [0.15, 0.2) is 4.67 Å².